The molecular weight excluding hydrogens is 326 g/mol. The average molecular weight is 376 g/mol. The molecule has 158 valence electrons. The molecule has 1 heteroatoms. The zero-order valence-corrected chi connectivity index (χ0v) is 20.3. The quantitative estimate of drug-likeness (QED) is 0.519. The Morgan fingerprint density at radius 1 is 0.963 bits per heavy atom. The average Bonchev–Trinajstić information content (AvgIpc) is 3.13. The zero-order valence-electron chi connectivity index (χ0n) is 20.3. The van der Waals surface area contributed by atoms with Crippen molar-refractivity contribution in [3.05, 3.63) is 0 Å². The first kappa shape index (κ1) is 21.7. The standard InChI is InChI=1S/C26H49N/c1-11-18-14-15-23(7,12-2)24(8,17-22(4,5)6)26(10)19(16-27-13-3)21-20(18)25(21,26)9/h18-21,27H,11-17H2,1-10H3. The van der Waals surface area contributed by atoms with Gasteiger partial charge in [-0.3, -0.25) is 0 Å². The van der Waals surface area contributed by atoms with Crippen molar-refractivity contribution in [2.45, 2.75) is 101 Å². The van der Waals surface area contributed by atoms with Crippen LogP contribution in [0, 0.1) is 50.7 Å². The summed E-state index contributed by atoms with van der Waals surface area (Å²) in [6, 6.07) is 0. The van der Waals surface area contributed by atoms with Crippen molar-refractivity contribution in [1.29, 1.82) is 0 Å². The summed E-state index contributed by atoms with van der Waals surface area (Å²) in [6.07, 6.45) is 6.95. The van der Waals surface area contributed by atoms with E-state index in [0.717, 1.165) is 30.2 Å². The summed E-state index contributed by atoms with van der Waals surface area (Å²) in [5.74, 6) is 3.77. The van der Waals surface area contributed by atoms with Crippen LogP contribution in [0.4, 0.5) is 0 Å². The van der Waals surface area contributed by atoms with Gasteiger partial charge in [-0.2, -0.15) is 0 Å². The summed E-state index contributed by atoms with van der Waals surface area (Å²) < 4.78 is 0. The molecule has 8 unspecified atom stereocenters. The highest BCUT2D eigenvalue weighted by atomic mass is 15.0. The maximum Gasteiger partial charge on any atom is -0.00120 e. The molecule has 3 fully saturated rings. The lowest BCUT2D eigenvalue weighted by Crippen LogP contribution is -2.65. The molecule has 0 aliphatic heterocycles. The normalized spacial score (nSPS) is 51.8. The summed E-state index contributed by atoms with van der Waals surface area (Å²) in [6.45, 7) is 27.8. The van der Waals surface area contributed by atoms with Crippen molar-refractivity contribution in [3.63, 3.8) is 0 Å². The van der Waals surface area contributed by atoms with Crippen LogP contribution in [0.3, 0.4) is 0 Å². The molecule has 0 aromatic rings. The molecule has 0 radical (unpaired) electrons. The van der Waals surface area contributed by atoms with E-state index < -0.39 is 0 Å². The summed E-state index contributed by atoms with van der Waals surface area (Å²) in [5, 5.41) is 3.78. The number of nitrogens with one attached hydrogen (secondary N) is 1. The fourth-order valence-electron chi connectivity index (χ4n) is 9.09. The minimum absolute atomic E-state index is 0.381. The monoisotopic (exact) mass is 375 g/mol. The van der Waals surface area contributed by atoms with Gasteiger partial charge in [-0.05, 0) is 83.1 Å². The molecule has 1 N–H and O–H groups in total. The van der Waals surface area contributed by atoms with E-state index in [0.29, 0.717) is 27.1 Å². The van der Waals surface area contributed by atoms with Crippen LogP contribution in [-0.2, 0) is 0 Å². The summed E-state index contributed by atoms with van der Waals surface area (Å²) in [4.78, 5) is 0. The van der Waals surface area contributed by atoms with E-state index in [1.54, 1.807) is 0 Å². The molecule has 8 atom stereocenters. The number of rotatable bonds is 6. The third kappa shape index (κ3) is 2.58. The van der Waals surface area contributed by atoms with E-state index in [-0.39, 0.29) is 0 Å². The van der Waals surface area contributed by atoms with E-state index in [4.69, 9.17) is 0 Å². The Balaban J connectivity index is 2.14. The van der Waals surface area contributed by atoms with Crippen LogP contribution in [0.15, 0.2) is 0 Å². The molecule has 3 rings (SSSR count). The number of hydrogen-bond acceptors (Lipinski definition) is 1. The second-order valence-corrected chi connectivity index (χ2v) is 12.6. The summed E-state index contributed by atoms with van der Waals surface area (Å²) in [7, 11) is 0. The van der Waals surface area contributed by atoms with Crippen molar-refractivity contribution >= 4 is 0 Å². The van der Waals surface area contributed by atoms with Gasteiger partial charge in [-0.25, -0.2) is 0 Å². The van der Waals surface area contributed by atoms with Crippen LogP contribution in [0.2, 0.25) is 0 Å². The van der Waals surface area contributed by atoms with Gasteiger partial charge in [-0.15, -0.1) is 0 Å². The van der Waals surface area contributed by atoms with Crippen molar-refractivity contribution in [3.8, 4) is 0 Å². The van der Waals surface area contributed by atoms with Crippen molar-refractivity contribution in [2.75, 3.05) is 13.1 Å². The molecule has 0 bridgehead atoms. The van der Waals surface area contributed by atoms with Gasteiger partial charge in [0.1, 0.15) is 0 Å². The molecule has 0 heterocycles. The molecule has 0 amide bonds. The van der Waals surface area contributed by atoms with Gasteiger partial charge in [0.25, 0.3) is 0 Å². The summed E-state index contributed by atoms with van der Waals surface area (Å²) >= 11 is 0. The minimum Gasteiger partial charge on any atom is -0.317 e. The molecule has 0 saturated heterocycles. The molecule has 0 aromatic carbocycles. The predicted octanol–water partition coefficient (Wildman–Crippen LogP) is 7.16. The highest BCUT2D eigenvalue weighted by Crippen LogP contribution is 2.92. The Hall–Kier alpha value is -0.0400. The smallest absolute Gasteiger partial charge is 0.00120 e. The largest absolute Gasteiger partial charge is 0.317 e. The maximum atomic E-state index is 3.78. The molecule has 1 nitrogen and oxygen atoms in total. The Morgan fingerprint density at radius 3 is 2.07 bits per heavy atom. The Kier molecular flexibility index (Phi) is 5.20. The molecule has 3 saturated carbocycles. The molecule has 0 aromatic heterocycles. The second-order valence-electron chi connectivity index (χ2n) is 12.6. The SMILES string of the molecule is CCNCC1C2C3C(CC)CCC(C)(CC)C(C)(CC(C)(C)C)C1(C)C32C. The highest BCUT2D eigenvalue weighted by molar-refractivity contribution is 5.35. The molecule has 0 spiro atoms. The lowest BCUT2D eigenvalue weighted by atomic mass is 9.35. The third-order valence-corrected chi connectivity index (χ3v) is 10.8. The minimum atomic E-state index is 0.381. The van der Waals surface area contributed by atoms with E-state index in [9.17, 15) is 0 Å². The molecule has 27 heavy (non-hydrogen) atoms. The van der Waals surface area contributed by atoms with Gasteiger partial charge < -0.3 is 5.32 Å². The van der Waals surface area contributed by atoms with Gasteiger partial charge in [0.05, 0.1) is 0 Å². The van der Waals surface area contributed by atoms with E-state index in [1.165, 1.54) is 38.6 Å². The highest BCUT2D eigenvalue weighted by Gasteiger charge is 2.88. The van der Waals surface area contributed by atoms with Crippen molar-refractivity contribution in [2.24, 2.45) is 50.7 Å². The van der Waals surface area contributed by atoms with Crippen LogP contribution < -0.4 is 5.32 Å². The van der Waals surface area contributed by atoms with Gasteiger partial charge in [0.2, 0.25) is 0 Å². The van der Waals surface area contributed by atoms with Crippen LogP contribution in [0.25, 0.3) is 0 Å². The van der Waals surface area contributed by atoms with E-state index >= 15 is 0 Å². The van der Waals surface area contributed by atoms with E-state index in [1.807, 2.05) is 0 Å². The fraction of sp³-hybridized carbons (Fsp3) is 1.00. The molecular formula is C26H49N. The Bertz CT molecular complexity index is 561. The van der Waals surface area contributed by atoms with Crippen LogP contribution in [0.1, 0.15) is 101 Å². The Labute approximate surface area is 170 Å². The maximum absolute atomic E-state index is 3.78. The molecule has 3 aliphatic rings. The molecule has 3 aliphatic carbocycles. The van der Waals surface area contributed by atoms with Crippen LogP contribution >= 0.6 is 0 Å². The first-order valence-electron chi connectivity index (χ1n) is 12.1. The van der Waals surface area contributed by atoms with Crippen LogP contribution in [0.5, 0.6) is 0 Å². The van der Waals surface area contributed by atoms with Gasteiger partial charge in [0.15, 0.2) is 0 Å². The first-order chi connectivity index (χ1) is 12.4. The second kappa shape index (κ2) is 6.48. The third-order valence-electron chi connectivity index (χ3n) is 10.8. The van der Waals surface area contributed by atoms with Gasteiger partial charge in [-0.1, -0.05) is 82.1 Å². The predicted molar refractivity (Wildman–Crippen MR) is 119 cm³/mol. The van der Waals surface area contributed by atoms with Gasteiger partial charge >= 0.3 is 0 Å². The fourth-order valence-corrected chi connectivity index (χ4v) is 9.09. The van der Waals surface area contributed by atoms with E-state index in [2.05, 4.69) is 74.6 Å². The topological polar surface area (TPSA) is 12.0 Å². The lowest BCUT2D eigenvalue weighted by molar-refractivity contribution is -0.212. The number of hydrogen-bond donors (Lipinski definition) is 1. The lowest BCUT2D eigenvalue weighted by Gasteiger charge is -2.69. The zero-order chi connectivity index (χ0) is 20.5. The first-order valence-corrected chi connectivity index (χ1v) is 12.1. The number of fused-ring (bicyclic) bond motifs is 1. The van der Waals surface area contributed by atoms with Gasteiger partial charge in [0, 0.05) is 0 Å². The van der Waals surface area contributed by atoms with Crippen LogP contribution in [-0.4, -0.2) is 13.1 Å². The van der Waals surface area contributed by atoms with Crippen molar-refractivity contribution in [1.82, 2.24) is 5.32 Å². The Morgan fingerprint density at radius 2 is 1.59 bits per heavy atom. The van der Waals surface area contributed by atoms with Crippen molar-refractivity contribution < 1.29 is 0 Å². The summed E-state index contributed by atoms with van der Waals surface area (Å²) in [5.41, 5.74) is 2.24.